The number of halogens is 3. The second-order valence-electron chi connectivity index (χ2n) is 5.09. The summed E-state index contributed by atoms with van der Waals surface area (Å²) in [7, 11) is 1.54. The lowest BCUT2D eigenvalue weighted by molar-refractivity contribution is -0.384. The quantitative estimate of drug-likeness (QED) is 0.492. The van der Waals surface area contributed by atoms with E-state index in [4.69, 9.17) is 4.74 Å². The van der Waals surface area contributed by atoms with Gasteiger partial charge in [-0.25, -0.2) is 0 Å². The molecule has 0 saturated carbocycles. The highest BCUT2D eigenvalue weighted by Gasteiger charge is 2.33. The molecule has 0 bridgehead atoms. The van der Waals surface area contributed by atoms with Gasteiger partial charge in [0.15, 0.2) is 0 Å². The Bertz CT molecular complexity index is 820. The van der Waals surface area contributed by atoms with Gasteiger partial charge in [-0.2, -0.15) is 18.3 Å². The van der Waals surface area contributed by atoms with Crippen LogP contribution in [-0.4, -0.2) is 18.2 Å². The molecule has 0 unspecified atom stereocenters. The lowest BCUT2D eigenvalue weighted by atomic mass is 10.1. The minimum atomic E-state index is -4.66. The van der Waals surface area contributed by atoms with Crippen molar-refractivity contribution in [2.75, 3.05) is 12.5 Å². The lowest BCUT2D eigenvalue weighted by Gasteiger charge is -2.08. The summed E-state index contributed by atoms with van der Waals surface area (Å²) in [6.07, 6.45) is -3.26. The molecular formula is C16H14F3N3O3. The summed E-state index contributed by atoms with van der Waals surface area (Å²) in [6, 6.07) is 7.43. The number of anilines is 1. The Hall–Kier alpha value is -3.10. The van der Waals surface area contributed by atoms with E-state index in [1.807, 2.05) is 6.92 Å². The Morgan fingerprint density at radius 3 is 2.52 bits per heavy atom. The fraction of sp³-hybridized carbons (Fsp3) is 0.188. The van der Waals surface area contributed by atoms with Gasteiger partial charge in [-0.05, 0) is 48.4 Å². The second kappa shape index (κ2) is 7.20. The number of rotatable bonds is 5. The average molecular weight is 353 g/mol. The molecule has 0 aliphatic heterocycles. The number of nitro benzene ring substituents is 1. The standard InChI is InChI=1S/C16H14F3N3O3/c1-10-7-11(3-6-15(10)25-2)9-20-21-13-5-4-12(16(17,18)19)8-14(13)22(23)24/h3-9,21H,1-2H3/b20-9-. The van der Waals surface area contributed by atoms with Crippen LogP contribution >= 0.6 is 0 Å². The van der Waals surface area contributed by atoms with E-state index in [2.05, 4.69) is 10.5 Å². The Kier molecular flexibility index (Phi) is 5.26. The van der Waals surface area contributed by atoms with E-state index >= 15 is 0 Å². The van der Waals surface area contributed by atoms with E-state index in [1.54, 1.807) is 25.3 Å². The van der Waals surface area contributed by atoms with Crippen molar-refractivity contribution >= 4 is 17.6 Å². The minimum absolute atomic E-state index is 0.139. The molecule has 0 aliphatic rings. The molecule has 0 radical (unpaired) electrons. The molecule has 0 fully saturated rings. The molecule has 0 spiro atoms. The van der Waals surface area contributed by atoms with Crippen LogP contribution < -0.4 is 10.2 Å². The summed E-state index contributed by atoms with van der Waals surface area (Å²) in [5.74, 6) is 0.698. The molecule has 0 heterocycles. The van der Waals surface area contributed by atoms with Gasteiger partial charge in [0.1, 0.15) is 11.4 Å². The molecule has 0 aromatic heterocycles. The molecule has 2 aromatic rings. The smallest absolute Gasteiger partial charge is 0.416 e. The highest BCUT2D eigenvalue weighted by Crippen LogP contribution is 2.34. The van der Waals surface area contributed by atoms with Gasteiger partial charge in [-0.1, -0.05) is 0 Å². The van der Waals surface area contributed by atoms with E-state index in [-0.39, 0.29) is 5.69 Å². The summed E-state index contributed by atoms with van der Waals surface area (Å²) >= 11 is 0. The number of hydrazone groups is 1. The first-order valence-corrected chi connectivity index (χ1v) is 7.01. The number of nitrogens with one attached hydrogen (secondary N) is 1. The highest BCUT2D eigenvalue weighted by atomic mass is 19.4. The molecule has 2 aromatic carbocycles. The third kappa shape index (κ3) is 4.46. The Labute approximate surface area is 141 Å². The molecule has 1 N–H and O–H groups in total. The maximum Gasteiger partial charge on any atom is 0.416 e. The van der Waals surface area contributed by atoms with Gasteiger partial charge in [0.2, 0.25) is 0 Å². The predicted octanol–water partition coefficient (Wildman–Crippen LogP) is 4.38. The van der Waals surface area contributed by atoms with Crippen LogP contribution in [0.25, 0.3) is 0 Å². The minimum Gasteiger partial charge on any atom is -0.496 e. The Morgan fingerprint density at radius 2 is 1.96 bits per heavy atom. The molecular weight excluding hydrogens is 339 g/mol. The van der Waals surface area contributed by atoms with E-state index in [0.717, 1.165) is 17.7 Å². The van der Waals surface area contributed by atoms with Crippen molar-refractivity contribution < 1.29 is 22.8 Å². The first kappa shape index (κ1) is 18.2. The monoisotopic (exact) mass is 353 g/mol. The average Bonchev–Trinajstić information content (AvgIpc) is 2.54. The van der Waals surface area contributed by atoms with Crippen molar-refractivity contribution in [3.8, 4) is 5.75 Å². The van der Waals surface area contributed by atoms with Crippen LogP contribution in [0.4, 0.5) is 24.5 Å². The number of hydrogen-bond donors (Lipinski definition) is 1. The van der Waals surface area contributed by atoms with E-state index < -0.39 is 22.4 Å². The van der Waals surface area contributed by atoms with E-state index in [1.165, 1.54) is 6.21 Å². The number of benzene rings is 2. The molecule has 25 heavy (non-hydrogen) atoms. The number of aryl methyl sites for hydroxylation is 1. The van der Waals surface area contributed by atoms with Crippen LogP contribution in [0.2, 0.25) is 0 Å². The molecule has 132 valence electrons. The van der Waals surface area contributed by atoms with Crippen LogP contribution in [0, 0.1) is 17.0 Å². The summed E-state index contributed by atoms with van der Waals surface area (Å²) < 4.78 is 43.1. The Morgan fingerprint density at radius 1 is 1.24 bits per heavy atom. The van der Waals surface area contributed by atoms with Crippen molar-refractivity contribution in [2.24, 2.45) is 5.10 Å². The highest BCUT2D eigenvalue weighted by molar-refractivity contribution is 5.81. The van der Waals surface area contributed by atoms with Crippen LogP contribution in [0.1, 0.15) is 16.7 Å². The zero-order valence-corrected chi connectivity index (χ0v) is 13.3. The summed E-state index contributed by atoms with van der Waals surface area (Å²) in [4.78, 5) is 10.1. The van der Waals surface area contributed by atoms with Crippen molar-refractivity contribution in [2.45, 2.75) is 13.1 Å². The zero-order valence-electron chi connectivity index (χ0n) is 13.3. The van der Waals surface area contributed by atoms with E-state index in [0.29, 0.717) is 17.4 Å². The summed E-state index contributed by atoms with van der Waals surface area (Å²) in [5.41, 5.74) is 2.01. The van der Waals surface area contributed by atoms with Crippen LogP contribution in [-0.2, 0) is 6.18 Å². The second-order valence-corrected chi connectivity index (χ2v) is 5.09. The van der Waals surface area contributed by atoms with Crippen LogP contribution in [0.5, 0.6) is 5.75 Å². The largest absolute Gasteiger partial charge is 0.496 e. The third-order valence-corrected chi connectivity index (χ3v) is 3.34. The topological polar surface area (TPSA) is 76.8 Å². The van der Waals surface area contributed by atoms with Crippen LogP contribution in [0.3, 0.4) is 0 Å². The first-order chi connectivity index (χ1) is 11.7. The van der Waals surface area contributed by atoms with Crippen molar-refractivity contribution in [3.05, 3.63) is 63.2 Å². The Balaban J connectivity index is 2.22. The summed E-state index contributed by atoms with van der Waals surface area (Å²) in [5, 5.41) is 14.8. The first-order valence-electron chi connectivity index (χ1n) is 7.01. The molecule has 0 saturated heterocycles. The normalized spacial score (nSPS) is 11.6. The van der Waals surface area contributed by atoms with Gasteiger partial charge in [-0.15, -0.1) is 0 Å². The maximum atomic E-state index is 12.7. The zero-order chi connectivity index (χ0) is 18.6. The third-order valence-electron chi connectivity index (χ3n) is 3.34. The fourth-order valence-electron chi connectivity index (χ4n) is 2.11. The van der Waals surface area contributed by atoms with E-state index in [9.17, 15) is 23.3 Å². The molecule has 9 heteroatoms. The predicted molar refractivity (Wildman–Crippen MR) is 87.0 cm³/mol. The molecule has 0 atom stereocenters. The summed E-state index contributed by atoms with van der Waals surface area (Å²) in [6.45, 7) is 1.84. The van der Waals surface area contributed by atoms with Crippen molar-refractivity contribution in [3.63, 3.8) is 0 Å². The SMILES string of the molecule is COc1ccc(/C=N\Nc2ccc(C(F)(F)F)cc2[N+](=O)[O-])cc1C. The number of hydrogen-bond acceptors (Lipinski definition) is 5. The molecule has 0 amide bonds. The number of nitrogens with zero attached hydrogens (tertiary/aromatic N) is 2. The van der Waals surface area contributed by atoms with Gasteiger partial charge in [0.05, 0.1) is 23.8 Å². The number of alkyl halides is 3. The lowest BCUT2D eigenvalue weighted by Crippen LogP contribution is -2.06. The maximum absolute atomic E-state index is 12.7. The van der Waals surface area contributed by atoms with Gasteiger partial charge in [0, 0.05) is 6.07 Å². The number of nitro groups is 1. The van der Waals surface area contributed by atoms with Gasteiger partial charge in [-0.3, -0.25) is 15.5 Å². The fourth-order valence-corrected chi connectivity index (χ4v) is 2.11. The van der Waals surface area contributed by atoms with Gasteiger partial charge >= 0.3 is 6.18 Å². The number of ether oxygens (including phenoxy) is 1. The molecule has 2 rings (SSSR count). The van der Waals surface area contributed by atoms with Gasteiger partial charge in [0.25, 0.3) is 5.69 Å². The number of methoxy groups -OCH3 is 1. The molecule has 6 nitrogen and oxygen atoms in total. The van der Waals surface area contributed by atoms with Crippen molar-refractivity contribution in [1.29, 1.82) is 0 Å². The molecule has 0 aliphatic carbocycles. The van der Waals surface area contributed by atoms with Crippen molar-refractivity contribution in [1.82, 2.24) is 0 Å². The van der Waals surface area contributed by atoms with Crippen LogP contribution in [0.15, 0.2) is 41.5 Å². The van der Waals surface area contributed by atoms with Gasteiger partial charge < -0.3 is 4.74 Å².